The van der Waals surface area contributed by atoms with E-state index >= 15 is 0 Å². The Labute approximate surface area is 161 Å². The van der Waals surface area contributed by atoms with Gasteiger partial charge in [0.1, 0.15) is 12.7 Å². The number of halogens is 2. The summed E-state index contributed by atoms with van der Waals surface area (Å²) in [5, 5.41) is 4.80. The zero-order valence-electron chi connectivity index (χ0n) is 13.6. The van der Waals surface area contributed by atoms with Gasteiger partial charge in [-0.15, -0.1) is 0 Å². The quantitative estimate of drug-likeness (QED) is 0.648. The summed E-state index contributed by atoms with van der Waals surface area (Å²) in [6.07, 6.45) is 3.08. The molecule has 0 aliphatic heterocycles. The van der Waals surface area contributed by atoms with Gasteiger partial charge in [-0.2, -0.15) is 5.10 Å². The molecule has 1 heterocycles. The van der Waals surface area contributed by atoms with Crippen LogP contribution in [0.1, 0.15) is 16.7 Å². The minimum atomic E-state index is -3.53. The van der Waals surface area contributed by atoms with Gasteiger partial charge in [-0.1, -0.05) is 53.5 Å². The maximum absolute atomic E-state index is 12.4. The molecule has 0 radical (unpaired) electrons. The van der Waals surface area contributed by atoms with Gasteiger partial charge in [-0.25, -0.2) is 22.8 Å². The van der Waals surface area contributed by atoms with Crippen molar-refractivity contribution in [1.29, 1.82) is 0 Å². The molecule has 9 heteroatoms. The Hall–Kier alpha value is -1.93. The lowest BCUT2D eigenvalue weighted by Crippen LogP contribution is -2.25. The molecule has 0 fully saturated rings. The highest BCUT2D eigenvalue weighted by atomic mass is 35.5. The Morgan fingerprint density at radius 2 is 1.81 bits per heavy atom. The number of hydrogen-bond donors (Lipinski definition) is 1. The molecule has 6 nitrogen and oxygen atoms in total. The second-order valence-corrected chi connectivity index (χ2v) is 8.31. The molecule has 0 unspecified atom stereocenters. The van der Waals surface area contributed by atoms with Gasteiger partial charge in [0.15, 0.2) is 0 Å². The van der Waals surface area contributed by atoms with Gasteiger partial charge in [0.05, 0.1) is 22.3 Å². The molecular weight excluding hydrogens is 395 g/mol. The van der Waals surface area contributed by atoms with Crippen molar-refractivity contribution in [3.63, 3.8) is 0 Å². The van der Waals surface area contributed by atoms with Gasteiger partial charge in [0, 0.05) is 6.54 Å². The average molecular weight is 411 g/mol. The minimum Gasteiger partial charge on any atom is -0.249 e. The SMILES string of the molecule is O=S(=O)(Cc1ccc(Cl)c(Cl)c1)NCc1ccccc1Cn1cncn1. The molecule has 0 saturated heterocycles. The number of benzene rings is 2. The molecule has 0 aliphatic carbocycles. The van der Waals surface area contributed by atoms with Crippen LogP contribution < -0.4 is 4.72 Å². The molecule has 136 valence electrons. The summed E-state index contributed by atoms with van der Waals surface area (Å²) in [5.74, 6) is -0.171. The summed E-state index contributed by atoms with van der Waals surface area (Å²) in [4.78, 5) is 3.91. The third-order valence-electron chi connectivity index (χ3n) is 3.74. The molecule has 26 heavy (non-hydrogen) atoms. The topological polar surface area (TPSA) is 76.9 Å². The summed E-state index contributed by atoms with van der Waals surface area (Å²) in [5.41, 5.74) is 2.42. The van der Waals surface area contributed by atoms with Gasteiger partial charge in [0.25, 0.3) is 0 Å². The molecule has 3 aromatic rings. The van der Waals surface area contributed by atoms with Crippen LogP contribution >= 0.6 is 23.2 Å². The first-order valence-corrected chi connectivity index (χ1v) is 10.1. The highest BCUT2D eigenvalue weighted by Gasteiger charge is 2.14. The molecule has 2 aromatic carbocycles. The third-order valence-corrected chi connectivity index (χ3v) is 5.78. The zero-order valence-corrected chi connectivity index (χ0v) is 16.0. The molecule has 1 aromatic heterocycles. The number of hydrogen-bond acceptors (Lipinski definition) is 4. The Bertz CT molecular complexity index is 992. The van der Waals surface area contributed by atoms with Crippen molar-refractivity contribution in [2.75, 3.05) is 0 Å². The Kier molecular flexibility index (Phi) is 5.93. The first-order valence-electron chi connectivity index (χ1n) is 7.73. The highest BCUT2D eigenvalue weighted by Crippen LogP contribution is 2.23. The lowest BCUT2D eigenvalue weighted by molar-refractivity contribution is 0.579. The molecule has 3 rings (SSSR count). The van der Waals surface area contributed by atoms with Crippen molar-refractivity contribution >= 4 is 33.2 Å². The van der Waals surface area contributed by atoms with Crippen LogP contribution in [0.2, 0.25) is 10.0 Å². The third kappa shape index (κ3) is 5.04. The summed E-state index contributed by atoms with van der Waals surface area (Å²) >= 11 is 11.8. The maximum atomic E-state index is 12.4. The van der Waals surface area contributed by atoms with Gasteiger partial charge in [-0.3, -0.25) is 0 Å². The van der Waals surface area contributed by atoms with Crippen molar-refractivity contribution in [2.24, 2.45) is 0 Å². The molecule has 0 atom stereocenters. The van der Waals surface area contributed by atoms with Crippen LogP contribution in [0.15, 0.2) is 55.1 Å². The fraction of sp³-hybridized carbons (Fsp3) is 0.176. The number of nitrogens with zero attached hydrogens (tertiary/aromatic N) is 3. The summed E-state index contributed by atoms with van der Waals surface area (Å²) in [6.45, 7) is 0.708. The van der Waals surface area contributed by atoms with Crippen LogP contribution in [0.25, 0.3) is 0 Å². The van der Waals surface area contributed by atoms with Crippen LogP contribution in [-0.2, 0) is 28.9 Å². The molecule has 0 saturated carbocycles. The summed E-state index contributed by atoms with van der Waals surface area (Å²) < 4.78 is 29.1. The lowest BCUT2D eigenvalue weighted by atomic mass is 10.1. The van der Waals surface area contributed by atoms with Gasteiger partial charge < -0.3 is 0 Å². The molecule has 0 amide bonds. The summed E-state index contributed by atoms with van der Waals surface area (Å²) in [6, 6.07) is 12.4. The van der Waals surface area contributed by atoms with Gasteiger partial charge in [0.2, 0.25) is 10.0 Å². The van der Waals surface area contributed by atoms with E-state index in [1.54, 1.807) is 29.2 Å². The number of sulfonamides is 1. The number of rotatable bonds is 7. The van der Waals surface area contributed by atoms with Crippen LogP contribution in [-0.4, -0.2) is 23.2 Å². The van der Waals surface area contributed by atoms with Crippen molar-refractivity contribution < 1.29 is 8.42 Å². The summed E-state index contributed by atoms with van der Waals surface area (Å²) in [7, 11) is -3.53. The standard InChI is InChI=1S/C17H16Cl2N4O2S/c18-16-6-5-13(7-17(16)19)10-26(24,25)22-8-14-3-1-2-4-15(14)9-23-12-20-11-21-23/h1-7,11-12,22H,8-10H2. The number of aromatic nitrogens is 3. The van der Waals surface area contributed by atoms with E-state index in [1.807, 2.05) is 24.3 Å². The van der Waals surface area contributed by atoms with E-state index in [-0.39, 0.29) is 12.3 Å². The van der Waals surface area contributed by atoms with E-state index in [0.717, 1.165) is 11.1 Å². The van der Waals surface area contributed by atoms with E-state index in [2.05, 4.69) is 14.8 Å². The predicted molar refractivity (Wildman–Crippen MR) is 101 cm³/mol. The largest absolute Gasteiger partial charge is 0.249 e. The maximum Gasteiger partial charge on any atom is 0.216 e. The van der Waals surface area contributed by atoms with E-state index in [1.165, 1.54) is 6.33 Å². The second-order valence-electron chi connectivity index (χ2n) is 5.69. The first-order chi connectivity index (χ1) is 12.4. The van der Waals surface area contributed by atoms with E-state index in [0.29, 0.717) is 22.2 Å². The van der Waals surface area contributed by atoms with Crippen molar-refractivity contribution in [3.05, 3.63) is 81.9 Å². The predicted octanol–water partition coefficient (Wildman–Crippen LogP) is 3.25. The smallest absolute Gasteiger partial charge is 0.216 e. The molecule has 0 spiro atoms. The van der Waals surface area contributed by atoms with E-state index in [9.17, 15) is 8.42 Å². The Morgan fingerprint density at radius 3 is 2.50 bits per heavy atom. The monoisotopic (exact) mass is 410 g/mol. The fourth-order valence-electron chi connectivity index (χ4n) is 2.46. The first kappa shape index (κ1) is 18.8. The van der Waals surface area contributed by atoms with Crippen LogP contribution in [0, 0.1) is 0 Å². The van der Waals surface area contributed by atoms with E-state index in [4.69, 9.17) is 23.2 Å². The lowest BCUT2D eigenvalue weighted by Gasteiger charge is -2.11. The molecule has 0 aliphatic rings. The number of nitrogens with one attached hydrogen (secondary N) is 1. The molecule has 0 bridgehead atoms. The van der Waals surface area contributed by atoms with Crippen LogP contribution in [0.5, 0.6) is 0 Å². The second kappa shape index (κ2) is 8.18. The van der Waals surface area contributed by atoms with Crippen molar-refractivity contribution in [1.82, 2.24) is 19.5 Å². The highest BCUT2D eigenvalue weighted by molar-refractivity contribution is 7.88. The average Bonchev–Trinajstić information content (AvgIpc) is 3.10. The van der Waals surface area contributed by atoms with Crippen molar-refractivity contribution in [2.45, 2.75) is 18.8 Å². The minimum absolute atomic E-state index is 0.171. The molecule has 1 N–H and O–H groups in total. The Balaban J connectivity index is 1.68. The van der Waals surface area contributed by atoms with Crippen molar-refractivity contribution in [3.8, 4) is 0 Å². The molecular formula is C17H16Cl2N4O2S. The Morgan fingerprint density at radius 1 is 1.04 bits per heavy atom. The fourth-order valence-corrected chi connectivity index (χ4v) is 3.88. The van der Waals surface area contributed by atoms with Gasteiger partial charge in [-0.05, 0) is 28.8 Å². The normalized spacial score (nSPS) is 11.6. The van der Waals surface area contributed by atoms with Gasteiger partial charge >= 0.3 is 0 Å². The van der Waals surface area contributed by atoms with Crippen LogP contribution in [0.4, 0.5) is 0 Å². The van der Waals surface area contributed by atoms with Crippen LogP contribution in [0.3, 0.4) is 0 Å². The van der Waals surface area contributed by atoms with E-state index < -0.39 is 10.0 Å². The zero-order chi connectivity index (χ0) is 18.6.